The Morgan fingerprint density at radius 1 is 1.19 bits per heavy atom. The van der Waals surface area contributed by atoms with Gasteiger partial charge in [-0.25, -0.2) is 9.18 Å². The zero-order valence-electron chi connectivity index (χ0n) is 14.0. The minimum Gasteiger partial charge on any atom is -0.772 e. The highest BCUT2D eigenvalue weighted by molar-refractivity contribution is 7.78. The fourth-order valence-corrected chi connectivity index (χ4v) is 3.48. The number of esters is 1. The largest absolute Gasteiger partial charge is 0.772 e. The van der Waals surface area contributed by atoms with Crippen LogP contribution in [0.25, 0.3) is 11.1 Å². The van der Waals surface area contributed by atoms with E-state index in [-0.39, 0.29) is 11.3 Å². The van der Waals surface area contributed by atoms with Crippen LogP contribution in [0, 0.1) is 5.82 Å². The summed E-state index contributed by atoms with van der Waals surface area (Å²) in [6.07, 6.45) is -0.610. The molecule has 0 spiro atoms. The number of nitrogens with two attached hydrogens (primary N) is 1. The summed E-state index contributed by atoms with van der Waals surface area (Å²) in [5.41, 5.74) is 8.44. The predicted octanol–water partition coefficient (Wildman–Crippen LogP) is 2.52. The van der Waals surface area contributed by atoms with Gasteiger partial charge < -0.3 is 15.0 Å². The lowest BCUT2D eigenvalue weighted by Gasteiger charge is -2.12. The Kier molecular flexibility index (Phi) is 5.31. The highest BCUT2D eigenvalue weighted by Gasteiger charge is 2.34. The van der Waals surface area contributed by atoms with Crippen molar-refractivity contribution in [3.05, 3.63) is 70.5 Å². The van der Waals surface area contributed by atoms with Crippen molar-refractivity contribution in [2.75, 3.05) is 0 Å². The second-order valence-corrected chi connectivity index (χ2v) is 6.90. The summed E-state index contributed by atoms with van der Waals surface area (Å²) in [6.45, 7) is 2.05. The Hall–Kier alpha value is -2.35. The molecular formula is C19H17FNO4S-. The Morgan fingerprint density at radius 3 is 2.42 bits per heavy atom. The van der Waals surface area contributed by atoms with Gasteiger partial charge in [0, 0.05) is 23.4 Å². The van der Waals surface area contributed by atoms with Crippen LogP contribution in [-0.4, -0.2) is 20.8 Å². The van der Waals surface area contributed by atoms with Crippen LogP contribution in [0.1, 0.15) is 29.2 Å². The third-order valence-electron chi connectivity index (χ3n) is 4.25. The van der Waals surface area contributed by atoms with E-state index in [9.17, 15) is 17.9 Å². The third-order valence-corrected chi connectivity index (χ3v) is 4.82. The Balaban J connectivity index is 2.10. The zero-order valence-corrected chi connectivity index (χ0v) is 14.8. The standard InChI is InChI=1S/C19H18FNO4S/c1-11-17(15-7-4-13(8-16(15)20)10-26(23)24)18(19(22)25-11)14-5-2-12(9-21)3-6-14/h2-8,11H,9-10,21H2,1H3,(H,23,24)/p-1. The number of hydrogen-bond donors (Lipinski definition) is 1. The molecule has 5 nitrogen and oxygen atoms in total. The van der Waals surface area contributed by atoms with Crippen LogP contribution in [-0.2, 0) is 32.9 Å². The lowest BCUT2D eigenvalue weighted by atomic mass is 9.92. The van der Waals surface area contributed by atoms with Gasteiger partial charge >= 0.3 is 5.97 Å². The molecule has 2 atom stereocenters. The molecule has 2 unspecified atom stereocenters. The fraction of sp³-hybridized carbons (Fsp3) is 0.211. The van der Waals surface area contributed by atoms with Crippen LogP contribution < -0.4 is 5.73 Å². The topological polar surface area (TPSA) is 92.5 Å². The Labute approximate surface area is 153 Å². The van der Waals surface area contributed by atoms with E-state index >= 15 is 0 Å². The van der Waals surface area contributed by atoms with Crippen LogP contribution in [0.4, 0.5) is 4.39 Å². The maximum Gasteiger partial charge on any atom is 0.339 e. The molecule has 0 aromatic heterocycles. The Bertz CT molecular complexity index is 908. The molecule has 2 aromatic rings. The third kappa shape index (κ3) is 3.60. The quantitative estimate of drug-likeness (QED) is 0.641. The summed E-state index contributed by atoms with van der Waals surface area (Å²) in [6, 6.07) is 11.3. The van der Waals surface area contributed by atoms with Crippen LogP contribution in [0.3, 0.4) is 0 Å². The molecule has 136 valence electrons. The van der Waals surface area contributed by atoms with E-state index in [1.54, 1.807) is 31.2 Å². The van der Waals surface area contributed by atoms with Gasteiger partial charge in [-0.2, -0.15) is 0 Å². The molecule has 0 bridgehead atoms. The molecular weight excluding hydrogens is 357 g/mol. The van der Waals surface area contributed by atoms with E-state index in [1.807, 2.05) is 0 Å². The molecule has 0 amide bonds. The fourth-order valence-electron chi connectivity index (χ4n) is 3.03. The van der Waals surface area contributed by atoms with Crippen LogP contribution in [0.15, 0.2) is 42.5 Å². The van der Waals surface area contributed by atoms with Crippen molar-refractivity contribution in [1.82, 2.24) is 0 Å². The van der Waals surface area contributed by atoms with Gasteiger partial charge in [0.1, 0.15) is 11.9 Å². The summed E-state index contributed by atoms with van der Waals surface area (Å²) in [5.74, 6) is -1.38. The van der Waals surface area contributed by atoms with Gasteiger partial charge in [0.05, 0.1) is 5.57 Å². The van der Waals surface area contributed by atoms with Crippen molar-refractivity contribution < 1.29 is 22.7 Å². The first-order valence-electron chi connectivity index (χ1n) is 8.00. The van der Waals surface area contributed by atoms with Crippen LogP contribution >= 0.6 is 0 Å². The van der Waals surface area contributed by atoms with Gasteiger partial charge in [0.15, 0.2) is 0 Å². The van der Waals surface area contributed by atoms with Gasteiger partial charge in [0.25, 0.3) is 0 Å². The van der Waals surface area contributed by atoms with E-state index in [0.717, 1.165) is 5.56 Å². The van der Waals surface area contributed by atoms with Gasteiger partial charge in [-0.15, -0.1) is 0 Å². The molecule has 0 saturated carbocycles. The maximum absolute atomic E-state index is 14.6. The molecule has 1 aliphatic heterocycles. The minimum atomic E-state index is -2.30. The van der Waals surface area contributed by atoms with E-state index < -0.39 is 29.0 Å². The van der Waals surface area contributed by atoms with Gasteiger partial charge in [-0.1, -0.05) is 47.5 Å². The number of carbonyl (C=O) groups is 1. The summed E-state index contributed by atoms with van der Waals surface area (Å²) >= 11 is -2.30. The molecule has 1 heterocycles. The predicted molar refractivity (Wildman–Crippen MR) is 95.7 cm³/mol. The van der Waals surface area contributed by atoms with Crippen LogP contribution in [0.5, 0.6) is 0 Å². The van der Waals surface area contributed by atoms with E-state index in [0.29, 0.717) is 28.8 Å². The summed E-state index contributed by atoms with van der Waals surface area (Å²) < 4.78 is 41.5. The molecule has 26 heavy (non-hydrogen) atoms. The summed E-state index contributed by atoms with van der Waals surface area (Å²) in [5, 5.41) is 0. The molecule has 3 rings (SSSR count). The zero-order chi connectivity index (χ0) is 18.8. The highest BCUT2D eigenvalue weighted by atomic mass is 32.2. The number of hydrogen-bond acceptors (Lipinski definition) is 5. The lowest BCUT2D eigenvalue weighted by Crippen LogP contribution is -2.06. The molecule has 7 heteroatoms. The van der Waals surface area contributed by atoms with E-state index in [4.69, 9.17) is 10.5 Å². The second-order valence-electron chi connectivity index (χ2n) is 6.00. The number of cyclic esters (lactones) is 1. The average molecular weight is 374 g/mol. The van der Waals surface area contributed by atoms with Crippen molar-refractivity contribution in [2.45, 2.75) is 25.3 Å². The molecule has 0 radical (unpaired) electrons. The average Bonchev–Trinajstić information content (AvgIpc) is 2.88. The molecule has 2 N–H and O–H groups in total. The SMILES string of the molecule is CC1OC(=O)C(c2ccc(CN)cc2)=C1c1ccc(CS(=O)[O-])cc1F. The van der Waals surface area contributed by atoms with Gasteiger partial charge in [-0.05, 0) is 29.7 Å². The van der Waals surface area contributed by atoms with Crippen molar-refractivity contribution in [2.24, 2.45) is 5.73 Å². The molecule has 2 aromatic carbocycles. The first-order chi connectivity index (χ1) is 12.4. The number of benzene rings is 2. The smallest absolute Gasteiger partial charge is 0.339 e. The van der Waals surface area contributed by atoms with Crippen molar-refractivity contribution >= 4 is 28.2 Å². The molecule has 0 aliphatic carbocycles. The lowest BCUT2D eigenvalue weighted by molar-refractivity contribution is -0.136. The Morgan fingerprint density at radius 2 is 1.85 bits per heavy atom. The van der Waals surface area contributed by atoms with Crippen molar-refractivity contribution in [3.63, 3.8) is 0 Å². The highest BCUT2D eigenvalue weighted by Crippen LogP contribution is 2.38. The normalized spacial score (nSPS) is 18.2. The molecule has 0 fully saturated rings. The van der Waals surface area contributed by atoms with Gasteiger partial charge in [0.2, 0.25) is 0 Å². The van der Waals surface area contributed by atoms with Crippen LogP contribution in [0.2, 0.25) is 0 Å². The second kappa shape index (κ2) is 7.49. The first-order valence-corrected chi connectivity index (χ1v) is 9.24. The van der Waals surface area contributed by atoms with Crippen molar-refractivity contribution in [3.8, 4) is 0 Å². The minimum absolute atomic E-state index is 0.224. The first kappa shape index (κ1) is 18.4. The van der Waals surface area contributed by atoms with E-state index in [2.05, 4.69) is 0 Å². The monoisotopic (exact) mass is 374 g/mol. The van der Waals surface area contributed by atoms with Crippen molar-refractivity contribution in [1.29, 1.82) is 0 Å². The molecule has 0 saturated heterocycles. The number of carbonyl (C=O) groups excluding carboxylic acids is 1. The number of rotatable bonds is 5. The van der Waals surface area contributed by atoms with E-state index in [1.165, 1.54) is 18.2 Å². The number of ether oxygens (including phenoxy) is 1. The summed E-state index contributed by atoms with van der Waals surface area (Å²) in [7, 11) is 0. The van der Waals surface area contributed by atoms with Gasteiger partial charge in [-0.3, -0.25) is 4.21 Å². The maximum atomic E-state index is 14.6. The summed E-state index contributed by atoms with van der Waals surface area (Å²) in [4.78, 5) is 12.3. The number of halogens is 1. The molecule has 1 aliphatic rings.